The van der Waals surface area contributed by atoms with Crippen molar-refractivity contribution in [1.82, 2.24) is 0 Å². The average molecular weight is 941 g/mol. The average Bonchev–Trinajstić information content (AvgIpc) is 3.90. The molecule has 0 saturated heterocycles. The normalized spacial score (nSPS) is 13.5. The van der Waals surface area contributed by atoms with Crippen LogP contribution in [0.15, 0.2) is 167 Å². The summed E-state index contributed by atoms with van der Waals surface area (Å²) in [5.74, 6) is 0. The van der Waals surface area contributed by atoms with Crippen molar-refractivity contribution >= 4 is 17.2 Å². The standard InChI is InChI=1S/C33H33.C18H11F3.C5H5.2ClH.Zr/c1-32(2,3)30-20-26-24(18-28(30)22-13-9-7-10-14-22)17-25-19-29(23-15-11-8-12-16-23)31(21-27(25)26)33(4,5)6;19-18(20,21)16-9-3-5-13(12-16)11-15-8-4-7-14-6-1-2-10-17(14)15;1-2-4-5-3-1;;;/h7-16,18,20-21H,17H2,1-6H3;1-10,12H;1-3H,4H2;2*1H;/q;;;;;+2/p-2. The summed E-state index contributed by atoms with van der Waals surface area (Å²) in [7, 11) is 0. The molecule has 0 saturated carbocycles. The summed E-state index contributed by atoms with van der Waals surface area (Å²) in [5, 5.41) is 2.14. The van der Waals surface area contributed by atoms with Gasteiger partial charge in [0.15, 0.2) is 0 Å². The van der Waals surface area contributed by atoms with Crippen molar-refractivity contribution in [2.45, 2.75) is 71.4 Å². The molecule has 7 aromatic carbocycles. The molecule has 0 atom stereocenters. The molecule has 0 unspecified atom stereocenters. The number of rotatable bonds is 6. The monoisotopic (exact) mass is 938 g/mol. The number of benzene rings is 7. The SMILES string of the molecule is CC(C)(C)c1cc2c(cc1-c1ccccc1)Cc1c-2cc(C(C)(C)C)c(-c2ccccc2)[c]1/[Zr+2]([C]1=CC=CC1)=[C](\c1cccc(C(F)(F)F)c1)c1cccc2ccccc12.[Cl-].[Cl-]. The number of hydrogen-bond donors (Lipinski definition) is 0. The number of allylic oxidation sites excluding steroid dienone is 4. The molecule has 0 N–H and O–H groups in total. The predicted octanol–water partition coefficient (Wildman–Crippen LogP) is 8.72. The molecule has 6 heteroatoms. The van der Waals surface area contributed by atoms with Crippen LogP contribution in [0, 0.1) is 0 Å². The van der Waals surface area contributed by atoms with Crippen LogP contribution in [0.2, 0.25) is 0 Å². The molecule has 62 heavy (non-hydrogen) atoms. The van der Waals surface area contributed by atoms with Gasteiger partial charge in [-0.3, -0.25) is 0 Å². The van der Waals surface area contributed by atoms with E-state index in [-0.39, 0.29) is 35.6 Å². The summed E-state index contributed by atoms with van der Waals surface area (Å²) >= 11 is -3.59. The van der Waals surface area contributed by atoms with Gasteiger partial charge >= 0.3 is 363 Å². The molecule has 0 spiro atoms. The minimum atomic E-state index is -4.48. The summed E-state index contributed by atoms with van der Waals surface area (Å²) in [6.07, 6.45) is 3.74. The maximum absolute atomic E-state index is 14.8. The van der Waals surface area contributed by atoms with Crippen molar-refractivity contribution < 1.29 is 59.3 Å². The summed E-state index contributed by atoms with van der Waals surface area (Å²) in [6.45, 7) is 13.8. The molecule has 2 aliphatic rings. The molecule has 2 aliphatic carbocycles. The van der Waals surface area contributed by atoms with Gasteiger partial charge in [-0.2, -0.15) is 0 Å². The van der Waals surface area contributed by atoms with Crippen molar-refractivity contribution in [1.29, 1.82) is 0 Å². The zero-order valence-corrected chi connectivity index (χ0v) is 39.9. The van der Waals surface area contributed by atoms with Crippen LogP contribution in [0.3, 0.4) is 0 Å². The molecule has 9 rings (SSSR count). The van der Waals surface area contributed by atoms with E-state index in [4.69, 9.17) is 0 Å². The summed E-state index contributed by atoms with van der Waals surface area (Å²) < 4.78 is 48.1. The molecular weight excluding hydrogens is 892 g/mol. The molecule has 0 amide bonds. The van der Waals surface area contributed by atoms with Gasteiger partial charge in [-0.1, -0.05) is 0 Å². The minimum Gasteiger partial charge on any atom is -1.00 e. The number of alkyl halides is 3. The Labute approximate surface area is 384 Å². The summed E-state index contributed by atoms with van der Waals surface area (Å²) in [5.41, 5.74) is 13.3. The van der Waals surface area contributed by atoms with Crippen molar-refractivity contribution in [3.05, 3.63) is 206 Å². The third-order valence-electron chi connectivity index (χ3n) is 12.2. The second kappa shape index (κ2) is 17.5. The van der Waals surface area contributed by atoms with Crippen molar-refractivity contribution in [2.24, 2.45) is 0 Å². The first-order valence-electron chi connectivity index (χ1n) is 20.9. The number of fused-ring (bicyclic) bond motifs is 4. The van der Waals surface area contributed by atoms with Crippen LogP contribution in [0.4, 0.5) is 13.2 Å². The van der Waals surface area contributed by atoms with Crippen LogP contribution in [0.25, 0.3) is 44.2 Å². The van der Waals surface area contributed by atoms with E-state index in [1.165, 1.54) is 68.8 Å². The molecule has 0 aromatic heterocycles. The first kappa shape index (κ1) is 45.4. The van der Waals surface area contributed by atoms with Gasteiger partial charge in [0.2, 0.25) is 0 Å². The second-order valence-electron chi connectivity index (χ2n) is 18.3. The van der Waals surface area contributed by atoms with Gasteiger partial charge in [0.25, 0.3) is 0 Å². The Bertz CT molecular complexity index is 2900. The second-order valence-corrected chi connectivity index (χ2v) is 24.2. The van der Waals surface area contributed by atoms with Crippen LogP contribution in [0.1, 0.15) is 86.9 Å². The molecule has 0 radical (unpaired) electrons. The van der Waals surface area contributed by atoms with E-state index in [1.807, 2.05) is 12.1 Å². The Hall–Kier alpha value is -4.60. The van der Waals surface area contributed by atoms with E-state index in [9.17, 15) is 13.2 Å². The van der Waals surface area contributed by atoms with E-state index in [1.54, 1.807) is 6.07 Å². The fourth-order valence-corrected chi connectivity index (χ4v) is 17.9. The van der Waals surface area contributed by atoms with Crippen molar-refractivity contribution in [3.8, 4) is 33.4 Å². The van der Waals surface area contributed by atoms with Gasteiger partial charge < -0.3 is 24.8 Å². The zero-order chi connectivity index (χ0) is 42.0. The molecular formula is C56H49Cl2F3Zr. The maximum atomic E-state index is 14.8. The Kier molecular flexibility index (Phi) is 12.8. The smallest absolute Gasteiger partial charge is 1.00 e. The van der Waals surface area contributed by atoms with Gasteiger partial charge in [-0.05, 0) is 0 Å². The topological polar surface area (TPSA) is 0 Å². The third-order valence-corrected chi connectivity index (χ3v) is 19.9. The fourth-order valence-electron chi connectivity index (χ4n) is 9.44. The van der Waals surface area contributed by atoms with Crippen molar-refractivity contribution in [3.63, 3.8) is 0 Å². The largest absolute Gasteiger partial charge is 1.00 e. The first-order chi connectivity index (χ1) is 28.7. The predicted molar refractivity (Wildman–Crippen MR) is 243 cm³/mol. The van der Waals surface area contributed by atoms with Crippen molar-refractivity contribution in [2.75, 3.05) is 0 Å². The van der Waals surface area contributed by atoms with Crippen LogP contribution >= 0.6 is 0 Å². The number of hydrogen-bond acceptors (Lipinski definition) is 0. The van der Waals surface area contributed by atoms with E-state index >= 15 is 0 Å². The quantitative estimate of drug-likeness (QED) is 0.157. The summed E-state index contributed by atoms with van der Waals surface area (Å²) in [6, 6.07) is 49.8. The van der Waals surface area contributed by atoms with Crippen LogP contribution in [-0.2, 0) is 44.7 Å². The van der Waals surface area contributed by atoms with Crippen LogP contribution in [0.5, 0.6) is 0 Å². The van der Waals surface area contributed by atoms with E-state index in [2.05, 4.69) is 175 Å². The zero-order valence-electron chi connectivity index (χ0n) is 35.9. The minimum absolute atomic E-state index is 0. The Morgan fingerprint density at radius 1 is 0.581 bits per heavy atom. The summed E-state index contributed by atoms with van der Waals surface area (Å²) in [4.78, 5) is 0. The Balaban J connectivity index is 0.00000289. The number of halogens is 5. The Morgan fingerprint density at radius 2 is 1.19 bits per heavy atom. The molecule has 0 heterocycles. The van der Waals surface area contributed by atoms with E-state index in [0.29, 0.717) is 5.56 Å². The molecule has 312 valence electrons. The third kappa shape index (κ3) is 8.44. The fraction of sp³-hybridized carbons (Fsp3) is 0.196. The molecule has 7 aromatic rings. The first-order valence-corrected chi connectivity index (χ1v) is 24.6. The maximum Gasteiger partial charge on any atom is -1.00 e. The van der Waals surface area contributed by atoms with Gasteiger partial charge in [-0.25, -0.2) is 0 Å². The molecule has 0 bridgehead atoms. The van der Waals surface area contributed by atoms with Gasteiger partial charge in [0, 0.05) is 0 Å². The Morgan fingerprint density at radius 3 is 1.84 bits per heavy atom. The van der Waals surface area contributed by atoms with Gasteiger partial charge in [-0.15, -0.1) is 0 Å². The van der Waals surface area contributed by atoms with E-state index in [0.717, 1.165) is 37.9 Å². The molecule has 0 fully saturated rings. The van der Waals surface area contributed by atoms with Gasteiger partial charge in [0.05, 0.1) is 0 Å². The van der Waals surface area contributed by atoms with Gasteiger partial charge in [0.1, 0.15) is 0 Å². The molecule has 0 nitrogen and oxygen atoms in total. The van der Waals surface area contributed by atoms with Crippen LogP contribution in [-0.4, -0.2) is 3.21 Å². The van der Waals surface area contributed by atoms with E-state index < -0.39 is 33.0 Å². The molecule has 0 aliphatic heterocycles. The van der Waals surface area contributed by atoms with Crippen LogP contribution < -0.4 is 28.1 Å².